The summed E-state index contributed by atoms with van der Waals surface area (Å²) in [4.78, 5) is 19.4. The normalized spacial score (nSPS) is 18.7. The molecule has 2 heterocycles. The summed E-state index contributed by atoms with van der Waals surface area (Å²) in [5.41, 5.74) is 1.24. The SMILES string of the molecule is COCc1nc(C2(CC3CC3)CCN(C(=O)CCCc3ccccc3)CC2)no1. The number of hydrogen-bond acceptors (Lipinski definition) is 5. The number of carbonyl (C=O) groups excluding carboxylic acids is 1. The number of carbonyl (C=O) groups is 1. The van der Waals surface area contributed by atoms with Crippen molar-refractivity contribution < 1.29 is 14.1 Å². The van der Waals surface area contributed by atoms with E-state index in [0.717, 1.165) is 56.9 Å². The summed E-state index contributed by atoms with van der Waals surface area (Å²) in [6.45, 7) is 1.91. The van der Waals surface area contributed by atoms with E-state index in [2.05, 4.69) is 34.4 Å². The first kappa shape index (κ1) is 20.1. The van der Waals surface area contributed by atoms with Crippen LogP contribution in [0.5, 0.6) is 0 Å². The lowest BCUT2D eigenvalue weighted by Gasteiger charge is -2.40. The van der Waals surface area contributed by atoms with E-state index in [0.29, 0.717) is 18.9 Å². The molecule has 2 aliphatic rings. The van der Waals surface area contributed by atoms with Crippen LogP contribution in [-0.2, 0) is 28.0 Å². The molecule has 1 saturated heterocycles. The number of methoxy groups -OCH3 is 1. The van der Waals surface area contributed by atoms with E-state index >= 15 is 0 Å². The highest BCUT2D eigenvalue weighted by Crippen LogP contribution is 2.46. The second-order valence-corrected chi connectivity index (χ2v) is 8.59. The second-order valence-electron chi connectivity index (χ2n) is 8.59. The molecule has 0 atom stereocenters. The minimum absolute atomic E-state index is 0.0581. The quantitative estimate of drug-likeness (QED) is 0.642. The maximum atomic E-state index is 12.7. The molecule has 4 rings (SSSR count). The molecule has 29 heavy (non-hydrogen) atoms. The van der Waals surface area contributed by atoms with Crippen LogP contribution in [0.15, 0.2) is 34.9 Å². The summed E-state index contributed by atoms with van der Waals surface area (Å²) in [6, 6.07) is 10.4. The predicted octanol–water partition coefficient (Wildman–Crippen LogP) is 3.90. The van der Waals surface area contributed by atoms with E-state index in [1.165, 1.54) is 18.4 Å². The Kier molecular flexibility index (Phi) is 6.28. The van der Waals surface area contributed by atoms with Gasteiger partial charge in [-0.3, -0.25) is 4.79 Å². The van der Waals surface area contributed by atoms with Gasteiger partial charge in [0.1, 0.15) is 6.61 Å². The molecule has 2 aromatic rings. The number of amides is 1. The maximum absolute atomic E-state index is 12.7. The Morgan fingerprint density at radius 2 is 2.00 bits per heavy atom. The van der Waals surface area contributed by atoms with Gasteiger partial charge in [0, 0.05) is 32.0 Å². The zero-order valence-corrected chi connectivity index (χ0v) is 17.3. The Bertz CT molecular complexity index is 793. The van der Waals surface area contributed by atoms with E-state index < -0.39 is 0 Å². The van der Waals surface area contributed by atoms with Gasteiger partial charge >= 0.3 is 0 Å². The summed E-state index contributed by atoms with van der Waals surface area (Å²) in [5.74, 6) is 2.39. The van der Waals surface area contributed by atoms with E-state index in [9.17, 15) is 4.79 Å². The Morgan fingerprint density at radius 3 is 2.69 bits per heavy atom. The van der Waals surface area contributed by atoms with E-state index in [1.54, 1.807) is 7.11 Å². The molecule has 0 N–H and O–H groups in total. The summed E-state index contributed by atoms with van der Waals surface area (Å²) >= 11 is 0. The molecular weight excluding hydrogens is 366 g/mol. The summed E-state index contributed by atoms with van der Waals surface area (Å²) in [7, 11) is 1.63. The first-order valence-electron chi connectivity index (χ1n) is 10.8. The third-order valence-electron chi connectivity index (χ3n) is 6.36. The first-order valence-corrected chi connectivity index (χ1v) is 10.8. The van der Waals surface area contributed by atoms with E-state index in [-0.39, 0.29) is 11.3 Å². The van der Waals surface area contributed by atoms with E-state index in [1.807, 2.05) is 11.0 Å². The molecule has 1 amide bonds. The van der Waals surface area contributed by atoms with Crippen molar-refractivity contribution in [3.8, 4) is 0 Å². The minimum atomic E-state index is -0.0581. The zero-order chi connectivity index (χ0) is 20.1. The van der Waals surface area contributed by atoms with Gasteiger partial charge in [0.05, 0.1) is 0 Å². The van der Waals surface area contributed by atoms with Crippen molar-refractivity contribution in [2.24, 2.45) is 5.92 Å². The lowest BCUT2D eigenvalue weighted by Crippen LogP contribution is -2.46. The third-order valence-corrected chi connectivity index (χ3v) is 6.36. The lowest BCUT2D eigenvalue weighted by molar-refractivity contribution is -0.133. The summed E-state index contributed by atoms with van der Waals surface area (Å²) < 4.78 is 10.5. The van der Waals surface area contributed by atoms with Crippen molar-refractivity contribution in [2.45, 2.75) is 63.4 Å². The highest BCUT2D eigenvalue weighted by molar-refractivity contribution is 5.76. The number of piperidine rings is 1. The van der Waals surface area contributed by atoms with Gasteiger partial charge in [0.2, 0.25) is 5.91 Å². The van der Waals surface area contributed by atoms with Gasteiger partial charge in [-0.15, -0.1) is 0 Å². The molecule has 1 saturated carbocycles. The minimum Gasteiger partial charge on any atom is -0.375 e. The number of rotatable bonds is 9. The number of nitrogens with zero attached hydrogens (tertiary/aromatic N) is 3. The standard InChI is InChI=1S/C23H31N3O3/c1-28-17-20-24-22(25-29-20)23(16-19-10-11-19)12-14-26(15-13-23)21(27)9-5-8-18-6-3-2-4-7-18/h2-4,6-7,19H,5,8-17H2,1H3. The molecule has 0 bridgehead atoms. The number of ether oxygens (including phenoxy) is 1. The molecule has 1 aliphatic carbocycles. The Hall–Kier alpha value is -2.21. The molecule has 0 radical (unpaired) electrons. The van der Waals surface area contributed by atoms with Gasteiger partial charge in [-0.1, -0.05) is 48.3 Å². The van der Waals surface area contributed by atoms with Gasteiger partial charge in [0.15, 0.2) is 5.82 Å². The van der Waals surface area contributed by atoms with Crippen molar-refractivity contribution in [1.82, 2.24) is 15.0 Å². The molecule has 1 aromatic carbocycles. The number of hydrogen-bond donors (Lipinski definition) is 0. The van der Waals surface area contributed by atoms with Crippen LogP contribution in [0, 0.1) is 5.92 Å². The van der Waals surface area contributed by atoms with Gasteiger partial charge in [-0.25, -0.2) is 0 Å². The maximum Gasteiger partial charge on any atom is 0.252 e. The van der Waals surface area contributed by atoms with Crippen LogP contribution < -0.4 is 0 Å². The fourth-order valence-electron chi connectivity index (χ4n) is 4.48. The fourth-order valence-corrected chi connectivity index (χ4v) is 4.48. The number of aryl methyl sites for hydroxylation is 1. The van der Waals surface area contributed by atoms with Crippen LogP contribution in [0.25, 0.3) is 0 Å². The van der Waals surface area contributed by atoms with Crippen LogP contribution in [0.4, 0.5) is 0 Å². The Labute approximate surface area is 172 Å². The Balaban J connectivity index is 1.33. The van der Waals surface area contributed by atoms with Crippen LogP contribution in [0.2, 0.25) is 0 Å². The van der Waals surface area contributed by atoms with Gasteiger partial charge < -0.3 is 14.2 Å². The summed E-state index contributed by atoms with van der Waals surface area (Å²) in [5, 5.41) is 4.29. The molecule has 6 nitrogen and oxygen atoms in total. The Morgan fingerprint density at radius 1 is 1.24 bits per heavy atom. The first-order chi connectivity index (χ1) is 14.2. The monoisotopic (exact) mass is 397 g/mol. The smallest absolute Gasteiger partial charge is 0.252 e. The highest BCUT2D eigenvalue weighted by atomic mass is 16.5. The molecule has 0 spiro atoms. The third kappa shape index (κ3) is 5.04. The van der Waals surface area contributed by atoms with Gasteiger partial charge in [0.25, 0.3) is 5.89 Å². The largest absolute Gasteiger partial charge is 0.375 e. The van der Waals surface area contributed by atoms with Crippen LogP contribution in [0.3, 0.4) is 0 Å². The van der Waals surface area contributed by atoms with Crippen LogP contribution in [0.1, 0.15) is 62.2 Å². The van der Waals surface area contributed by atoms with Crippen molar-refractivity contribution in [2.75, 3.05) is 20.2 Å². The number of aromatic nitrogens is 2. The molecule has 1 aliphatic heterocycles. The lowest BCUT2D eigenvalue weighted by atomic mass is 9.73. The fraction of sp³-hybridized carbons (Fsp3) is 0.609. The molecule has 0 unspecified atom stereocenters. The van der Waals surface area contributed by atoms with E-state index in [4.69, 9.17) is 9.26 Å². The average molecular weight is 398 g/mol. The van der Waals surface area contributed by atoms with Crippen molar-refractivity contribution in [3.05, 3.63) is 47.6 Å². The van der Waals surface area contributed by atoms with Crippen molar-refractivity contribution in [1.29, 1.82) is 0 Å². The zero-order valence-electron chi connectivity index (χ0n) is 17.3. The van der Waals surface area contributed by atoms with Crippen LogP contribution >= 0.6 is 0 Å². The van der Waals surface area contributed by atoms with Crippen LogP contribution in [-0.4, -0.2) is 41.1 Å². The van der Waals surface area contributed by atoms with Gasteiger partial charge in [-0.2, -0.15) is 4.98 Å². The molecule has 156 valence electrons. The average Bonchev–Trinajstić information content (AvgIpc) is 3.43. The van der Waals surface area contributed by atoms with Gasteiger partial charge in [-0.05, 0) is 43.6 Å². The molecular formula is C23H31N3O3. The topological polar surface area (TPSA) is 68.5 Å². The number of likely N-dealkylation sites (tertiary alicyclic amines) is 1. The summed E-state index contributed by atoms with van der Waals surface area (Å²) in [6.07, 6.45) is 8.01. The highest BCUT2D eigenvalue weighted by Gasteiger charge is 2.44. The predicted molar refractivity (Wildman–Crippen MR) is 109 cm³/mol. The van der Waals surface area contributed by atoms with Crippen molar-refractivity contribution in [3.63, 3.8) is 0 Å². The molecule has 1 aromatic heterocycles. The number of benzene rings is 1. The second kappa shape index (κ2) is 9.08. The molecule has 2 fully saturated rings. The van der Waals surface area contributed by atoms with Crippen molar-refractivity contribution >= 4 is 5.91 Å². The molecule has 6 heteroatoms.